The minimum Gasteiger partial charge on any atom is -0.508 e. The van der Waals surface area contributed by atoms with Crippen LogP contribution in [0.3, 0.4) is 0 Å². The van der Waals surface area contributed by atoms with Crippen molar-refractivity contribution in [2.24, 2.45) is 5.92 Å². The third-order valence-corrected chi connectivity index (χ3v) is 9.30. The number of nitrogens with zero attached hydrogens (tertiary/aromatic N) is 1. The maximum Gasteiger partial charge on any atom is 0.255 e. The molecule has 0 unspecified atom stereocenters. The number of amides is 6. The number of phenols is 1. The van der Waals surface area contributed by atoms with Crippen molar-refractivity contribution in [2.75, 3.05) is 13.2 Å². The first kappa shape index (κ1) is 39.3. The van der Waals surface area contributed by atoms with Gasteiger partial charge in [-0.1, -0.05) is 62.4 Å². The number of aromatic hydroxyl groups is 1. The van der Waals surface area contributed by atoms with E-state index in [1.807, 2.05) is 24.3 Å². The molecule has 2 heterocycles. The van der Waals surface area contributed by atoms with Gasteiger partial charge in [0.15, 0.2) is 0 Å². The van der Waals surface area contributed by atoms with Crippen LogP contribution in [0.25, 0.3) is 0 Å². The van der Waals surface area contributed by atoms with Crippen LogP contribution < -0.4 is 31.3 Å². The van der Waals surface area contributed by atoms with Crippen LogP contribution in [0.2, 0.25) is 0 Å². The van der Waals surface area contributed by atoms with Crippen LogP contribution in [0.1, 0.15) is 67.1 Å². The summed E-state index contributed by atoms with van der Waals surface area (Å²) in [7, 11) is 0. The number of hydrogen-bond donors (Lipinski definition) is 6. The number of para-hydroxylation sites is 1. The Bertz CT molecular complexity index is 1850. The van der Waals surface area contributed by atoms with Gasteiger partial charge in [0.2, 0.25) is 29.5 Å². The molecular formula is C40H48N6O8. The average Bonchev–Trinajstić information content (AvgIpc) is 3.55. The SMILES string of the molecule is CC(C)[C@H]1NC(=O)[C@H](Cc2ccc(O)cc2)NC(=O)C[C@@H](C(=O)NCc2cccc(CN3CCCC3=O)c2)NC(=O)c2ccccc2OC[C@H](C)NC1=O. The summed E-state index contributed by atoms with van der Waals surface area (Å²) in [6.45, 7) is 6.52. The first-order chi connectivity index (χ1) is 25.9. The van der Waals surface area contributed by atoms with Gasteiger partial charge in [-0.05, 0) is 60.2 Å². The van der Waals surface area contributed by atoms with Gasteiger partial charge in [-0.2, -0.15) is 0 Å². The molecule has 3 aromatic rings. The van der Waals surface area contributed by atoms with Crippen molar-refractivity contribution in [2.45, 2.75) is 83.7 Å². The number of nitrogens with one attached hydrogen (secondary N) is 5. The summed E-state index contributed by atoms with van der Waals surface area (Å²) in [5, 5.41) is 23.7. The second kappa shape index (κ2) is 18.2. The fraction of sp³-hybridized carbons (Fsp3) is 0.400. The molecule has 0 bridgehead atoms. The van der Waals surface area contributed by atoms with Crippen molar-refractivity contribution in [1.82, 2.24) is 31.5 Å². The number of fused-ring (bicyclic) bond motifs is 1. The normalized spacial score (nSPS) is 21.6. The molecule has 0 saturated carbocycles. The van der Waals surface area contributed by atoms with Gasteiger partial charge in [0.25, 0.3) is 5.91 Å². The smallest absolute Gasteiger partial charge is 0.255 e. The molecule has 2 aliphatic rings. The van der Waals surface area contributed by atoms with E-state index in [0.29, 0.717) is 25.1 Å². The van der Waals surface area contributed by atoms with Gasteiger partial charge in [0.05, 0.1) is 18.0 Å². The highest BCUT2D eigenvalue weighted by molar-refractivity contribution is 6.01. The molecule has 6 N–H and O–H groups in total. The summed E-state index contributed by atoms with van der Waals surface area (Å²) in [4.78, 5) is 82.4. The number of rotatable bonds is 8. The highest BCUT2D eigenvalue weighted by Gasteiger charge is 2.32. The molecule has 0 spiro atoms. The quantitative estimate of drug-likeness (QED) is 0.202. The van der Waals surface area contributed by atoms with E-state index in [1.54, 1.807) is 56.0 Å². The summed E-state index contributed by atoms with van der Waals surface area (Å²) >= 11 is 0. The van der Waals surface area contributed by atoms with Crippen LogP contribution in [-0.4, -0.2) is 82.8 Å². The monoisotopic (exact) mass is 740 g/mol. The summed E-state index contributed by atoms with van der Waals surface area (Å²) in [6, 6.07) is 16.0. The zero-order chi connectivity index (χ0) is 38.8. The van der Waals surface area contributed by atoms with Crippen molar-refractivity contribution < 1.29 is 38.6 Å². The highest BCUT2D eigenvalue weighted by atomic mass is 16.5. The third kappa shape index (κ3) is 10.8. The Hall–Kier alpha value is -5.92. The van der Waals surface area contributed by atoms with Gasteiger partial charge < -0.3 is 41.3 Å². The van der Waals surface area contributed by atoms with E-state index in [9.17, 15) is 33.9 Å². The predicted molar refractivity (Wildman–Crippen MR) is 199 cm³/mol. The third-order valence-electron chi connectivity index (χ3n) is 9.30. The van der Waals surface area contributed by atoms with Gasteiger partial charge in [-0.25, -0.2) is 0 Å². The topological polar surface area (TPSA) is 195 Å². The highest BCUT2D eigenvalue weighted by Crippen LogP contribution is 2.20. The number of carbonyl (C=O) groups is 6. The molecule has 0 aromatic heterocycles. The molecule has 0 radical (unpaired) electrons. The molecule has 4 atom stereocenters. The lowest BCUT2D eigenvalue weighted by atomic mass is 10.0. The molecule has 1 saturated heterocycles. The van der Waals surface area contributed by atoms with Crippen LogP contribution in [0, 0.1) is 5.92 Å². The number of phenolic OH excluding ortho intramolecular Hbond substituents is 1. The zero-order valence-electron chi connectivity index (χ0n) is 30.7. The van der Waals surface area contributed by atoms with Crippen LogP contribution in [0.5, 0.6) is 11.5 Å². The molecule has 54 heavy (non-hydrogen) atoms. The minimum absolute atomic E-state index is 0.00446. The largest absolute Gasteiger partial charge is 0.508 e. The second-order valence-corrected chi connectivity index (χ2v) is 14.1. The Balaban J connectivity index is 1.41. The summed E-state index contributed by atoms with van der Waals surface area (Å²) in [5.74, 6) is -3.10. The van der Waals surface area contributed by atoms with Gasteiger partial charge in [-0.15, -0.1) is 0 Å². The maximum absolute atomic E-state index is 13.8. The van der Waals surface area contributed by atoms with Gasteiger partial charge in [0, 0.05) is 32.5 Å². The van der Waals surface area contributed by atoms with Crippen LogP contribution >= 0.6 is 0 Å². The van der Waals surface area contributed by atoms with E-state index >= 15 is 0 Å². The van der Waals surface area contributed by atoms with Crippen LogP contribution in [0.15, 0.2) is 72.8 Å². The predicted octanol–water partition coefficient (Wildman–Crippen LogP) is 2.08. The molecule has 3 aromatic carbocycles. The van der Waals surface area contributed by atoms with Crippen LogP contribution in [0.4, 0.5) is 0 Å². The van der Waals surface area contributed by atoms with E-state index < -0.39 is 60.1 Å². The molecule has 5 rings (SSSR count). The lowest BCUT2D eigenvalue weighted by Crippen LogP contribution is -2.57. The maximum atomic E-state index is 13.8. The Kier molecular flexibility index (Phi) is 13.3. The van der Waals surface area contributed by atoms with E-state index in [2.05, 4.69) is 26.6 Å². The Morgan fingerprint density at radius 2 is 1.63 bits per heavy atom. The first-order valence-electron chi connectivity index (χ1n) is 18.2. The fourth-order valence-electron chi connectivity index (χ4n) is 6.36. The lowest BCUT2D eigenvalue weighted by molar-refractivity contribution is -0.133. The van der Waals surface area contributed by atoms with Crippen molar-refractivity contribution in [3.8, 4) is 11.5 Å². The first-order valence-corrected chi connectivity index (χ1v) is 18.2. The Labute approximate surface area is 314 Å². The van der Waals surface area contributed by atoms with Gasteiger partial charge in [0.1, 0.15) is 36.2 Å². The average molecular weight is 741 g/mol. The summed E-state index contributed by atoms with van der Waals surface area (Å²) < 4.78 is 5.96. The second-order valence-electron chi connectivity index (χ2n) is 14.1. The van der Waals surface area contributed by atoms with Crippen molar-refractivity contribution in [3.63, 3.8) is 0 Å². The lowest BCUT2D eigenvalue weighted by Gasteiger charge is -2.27. The molecule has 1 fully saturated rings. The van der Waals surface area contributed by atoms with Crippen molar-refractivity contribution in [3.05, 3.63) is 95.1 Å². The van der Waals surface area contributed by atoms with Crippen molar-refractivity contribution >= 4 is 35.4 Å². The van der Waals surface area contributed by atoms with E-state index in [0.717, 1.165) is 17.5 Å². The standard InChI is InChI=1S/C40H48N6O8/c1-24(2)36-40(53)42-25(3)23-54-33-11-5-4-10-30(33)37(50)44-32(20-34(48)43-31(39(52)45-36)19-26-13-15-29(47)16-14-26)38(51)41-21-27-8-6-9-28(18-27)22-46-17-7-12-35(46)49/h4-6,8-11,13-16,18,24-25,31-32,36,47H,7,12,17,19-23H2,1-3H3,(H,41,51)(H,42,53)(H,43,48)(H,44,50)(H,45,52)/t25-,31-,32-,36+/m0/s1. The fourth-order valence-corrected chi connectivity index (χ4v) is 6.36. The van der Waals surface area contributed by atoms with E-state index in [4.69, 9.17) is 4.74 Å². The number of hydrogen-bond acceptors (Lipinski definition) is 8. The number of ether oxygens (including phenoxy) is 1. The molecule has 6 amide bonds. The summed E-state index contributed by atoms with van der Waals surface area (Å²) in [6.07, 6.45) is 0.832. The minimum atomic E-state index is -1.37. The van der Waals surface area contributed by atoms with E-state index in [1.165, 1.54) is 18.2 Å². The number of carbonyl (C=O) groups excluding carboxylic acids is 6. The Morgan fingerprint density at radius 1 is 0.889 bits per heavy atom. The number of benzene rings is 3. The van der Waals surface area contributed by atoms with Gasteiger partial charge in [-0.3, -0.25) is 28.8 Å². The summed E-state index contributed by atoms with van der Waals surface area (Å²) in [5.41, 5.74) is 2.40. The molecule has 14 heteroatoms. The zero-order valence-corrected chi connectivity index (χ0v) is 30.7. The van der Waals surface area contributed by atoms with Crippen LogP contribution in [-0.2, 0) is 43.5 Å². The van der Waals surface area contributed by atoms with Gasteiger partial charge >= 0.3 is 0 Å². The number of likely N-dealkylation sites (tertiary alicyclic amines) is 1. The van der Waals surface area contributed by atoms with Crippen molar-refractivity contribution in [1.29, 1.82) is 0 Å². The molecule has 286 valence electrons. The molecule has 0 aliphatic carbocycles. The molecule has 2 aliphatic heterocycles. The molecule has 14 nitrogen and oxygen atoms in total. The Morgan fingerprint density at radius 3 is 2.35 bits per heavy atom. The molecular weight excluding hydrogens is 692 g/mol. The van der Waals surface area contributed by atoms with E-state index in [-0.39, 0.29) is 48.5 Å².